The van der Waals surface area contributed by atoms with E-state index in [4.69, 9.17) is 4.52 Å². The van der Waals surface area contributed by atoms with Crippen LogP contribution in [0, 0.1) is 5.92 Å². The van der Waals surface area contributed by atoms with Crippen LogP contribution in [-0.4, -0.2) is 22.2 Å². The summed E-state index contributed by atoms with van der Waals surface area (Å²) in [7, 11) is 0. The minimum atomic E-state index is -0.274. The van der Waals surface area contributed by atoms with Crippen LogP contribution in [0.25, 0.3) is 0 Å². The number of aromatic nitrogens is 2. The van der Waals surface area contributed by atoms with Gasteiger partial charge in [-0.3, -0.25) is 0 Å². The van der Waals surface area contributed by atoms with E-state index in [9.17, 15) is 4.79 Å². The summed E-state index contributed by atoms with van der Waals surface area (Å²) in [5.41, 5.74) is 2.64. The monoisotopic (exact) mass is 340 g/mol. The van der Waals surface area contributed by atoms with Crippen molar-refractivity contribution >= 4 is 6.03 Å². The van der Waals surface area contributed by atoms with Gasteiger partial charge in [0.05, 0.1) is 0 Å². The Hall–Kier alpha value is -2.37. The third-order valence-corrected chi connectivity index (χ3v) is 5.01. The first-order valence-corrected chi connectivity index (χ1v) is 9.07. The molecular formula is C19H24N4O2. The second kappa shape index (κ2) is 6.50. The first-order chi connectivity index (χ1) is 12.1. The average Bonchev–Trinajstić information content (AvgIpc) is 3.17. The van der Waals surface area contributed by atoms with Crippen molar-refractivity contribution < 1.29 is 9.32 Å². The zero-order chi connectivity index (χ0) is 17.4. The van der Waals surface area contributed by atoms with Gasteiger partial charge < -0.3 is 15.2 Å². The number of carbonyl (C=O) groups is 1. The number of carbonyl (C=O) groups excluding carboxylic acids is 1. The highest BCUT2D eigenvalue weighted by molar-refractivity contribution is 5.75. The Balaban J connectivity index is 1.38. The fraction of sp³-hybridized carbons (Fsp3) is 0.526. The average molecular weight is 340 g/mol. The highest BCUT2D eigenvalue weighted by Crippen LogP contribution is 2.38. The molecule has 0 bridgehead atoms. The van der Waals surface area contributed by atoms with Crippen molar-refractivity contribution in [2.75, 3.05) is 0 Å². The molecule has 2 aliphatic rings. The van der Waals surface area contributed by atoms with E-state index < -0.39 is 0 Å². The SMILES string of the molecule is CC(C)C(NC(=O)NC1Cc2ccccc2C1)c1nc(C2CC2)no1. The van der Waals surface area contributed by atoms with E-state index in [1.165, 1.54) is 11.1 Å². The van der Waals surface area contributed by atoms with Gasteiger partial charge >= 0.3 is 6.03 Å². The van der Waals surface area contributed by atoms with Crippen LogP contribution < -0.4 is 10.6 Å². The van der Waals surface area contributed by atoms with Crippen molar-refractivity contribution in [3.8, 4) is 0 Å². The molecule has 1 unspecified atom stereocenters. The van der Waals surface area contributed by atoms with Crippen molar-refractivity contribution in [1.29, 1.82) is 0 Å². The molecule has 6 heteroatoms. The summed E-state index contributed by atoms with van der Waals surface area (Å²) in [6.07, 6.45) is 4.01. The van der Waals surface area contributed by atoms with E-state index in [1.807, 2.05) is 26.0 Å². The van der Waals surface area contributed by atoms with E-state index in [0.29, 0.717) is 11.8 Å². The van der Waals surface area contributed by atoms with Crippen LogP contribution in [0.15, 0.2) is 28.8 Å². The molecule has 6 nitrogen and oxygen atoms in total. The second-order valence-corrected chi connectivity index (χ2v) is 7.48. The quantitative estimate of drug-likeness (QED) is 0.876. The first kappa shape index (κ1) is 16.1. The summed E-state index contributed by atoms with van der Waals surface area (Å²) in [6, 6.07) is 8.03. The molecule has 2 aliphatic carbocycles. The molecule has 1 heterocycles. The fourth-order valence-electron chi connectivity index (χ4n) is 3.42. The van der Waals surface area contributed by atoms with Crippen LogP contribution in [0.3, 0.4) is 0 Å². The number of urea groups is 1. The predicted molar refractivity (Wildman–Crippen MR) is 93.2 cm³/mol. The van der Waals surface area contributed by atoms with Crippen molar-refractivity contribution in [2.24, 2.45) is 5.92 Å². The minimum Gasteiger partial charge on any atom is -0.337 e. The lowest BCUT2D eigenvalue weighted by atomic mass is 10.0. The number of benzene rings is 1. The third-order valence-electron chi connectivity index (χ3n) is 5.01. The number of rotatable bonds is 5. The number of amides is 2. The molecule has 132 valence electrons. The molecule has 1 aromatic heterocycles. The highest BCUT2D eigenvalue weighted by Gasteiger charge is 2.32. The second-order valence-electron chi connectivity index (χ2n) is 7.48. The Kier molecular flexibility index (Phi) is 4.19. The van der Waals surface area contributed by atoms with Crippen LogP contribution in [-0.2, 0) is 12.8 Å². The Morgan fingerprint density at radius 1 is 1.20 bits per heavy atom. The maximum absolute atomic E-state index is 12.5. The Morgan fingerprint density at radius 3 is 2.48 bits per heavy atom. The summed E-state index contributed by atoms with van der Waals surface area (Å²) in [6.45, 7) is 4.08. The standard InChI is InChI=1S/C19H24N4O2/c1-11(2)16(18-22-17(23-25-18)12-7-8-12)21-19(24)20-15-9-13-5-3-4-6-14(13)10-15/h3-6,11-12,15-16H,7-10H2,1-2H3,(H2,20,21,24). The van der Waals surface area contributed by atoms with Gasteiger partial charge in [0.15, 0.2) is 5.82 Å². The Morgan fingerprint density at radius 2 is 1.88 bits per heavy atom. The normalized spacial score (nSPS) is 18.2. The van der Waals surface area contributed by atoms with E-state index in [-0.39, 0.29) is 24.0 Å². The van der Waals surface area contributed by atoms with Gasteiger partial charge in [-0.2, -0.15) is 4.98 Å². The number of hydrogen-bond donors (Lipinski definition) is 2. The van der Waals surface area contributed by atoms with Crippen LogP contribution in [0.2, 0.25) is 0 Å². The molecule has 2 aromatic rings. The van der Waals surface area contributed by atoms with Gasteiger partial charge in [-0.25, -0.2) is 4.79 Å². The van der Waals surface area contributed by atoms with E-state index in [1.54, 1.807) is 0 Å². The molecule has 1 saturated carbocycles. The molecule has 25 heavy (non-hydrogen) atoms. The molecular weight excluding hydrogens is 316 g/mol. The lowest BCUT2D eigenvalue weighted by Crippen LogP contribution is -2.45. The maximum Gasteiger partial charge on any atom is 0.315 e. The maximum atomic E-state index is 12.5. The van der Waals surface area contributed by atoms with Gasteiger partial charge in [0.25, 0.3) is 0 Å². The molecule has 1 fully saturated rings. The van der Waals surface area contributed by atoms with E-state index in [0.717, 1.165) is 31.5 Å². The Labute approximate surface area is 147 Å². The first-order valence-electron chi connectivity index (χ1n) is 9.07. The third kappa shape index (κ3) is 3.52. The summed E-state index contributed by atoms with van der Waals surface area (Å²) in [5.74, 6) is 1.88. The number of hydrogen-bond acceptors (Lipinski definition) is 4. The minimum absolute atomic E-state index is 0.134. The molecule has 0 aliphatic heterocycles. The molecule has 4 rings (SSSR count). The number of fused-ring (bicyclic) bond motifs is 1. The van der Waals surface area contributed by atoms with Gasteiger partial charge in [0.1, 0.15) is 6.04 Å². The van der Waals surface area contributed by atoms with Gasteiger partial charge in [0.2, 0.25) is 5.89 Å². The summed E-state index contributed by atoms with van der Waals surface area (Å²) >= 11 is 0. The zero-order valence-corrected chi connectivity index (χ0v) is 14.7. The number of nitrogens with zero attached hydrogens (tertiary/aromatic N) is 2. The smallest absolute Gasteiger partial charge is 0.315 e. The molecule has 2 amide bonds. The van der Waals surface area contributed by atoms with Gasteiger partial charge in [-0.1, -0.05) is 43.3 Å². The summed E-state index contributed by atoms with van der Waals surface area (Å²) in [5, 5.41) is 10.2. The topological polar surface area (TPSA) is 80.0 Å². The van der Waals surface area contributed by atoms with Gasteiger partial charge in [-0.05, 0) is 42.7 Å². The fourth-order valence-corrected chi connectivity index (χ4v) is 3.42. The zero-order valence-electron chi connectivity index (χ0n) is 14.7. The Bertz CT molecular complexity index is 741. The van der Waals surface area contributed by atoms with Crippen LogP contribution >= 0.6 is 0 Å². The molecule has 0 spiro atoms. The van der Waals surface area contributed by atoms with Crippen molar-refractivity contribution in [3.05, 3.63) is 47.1 Å². The van der Waals surface area contributed by atoms with Gasteiger partial charge in [0, 0.05) is 12.0 Å². The van der Waals surface area contributed by atoms with Crippen molar-refractivity contribution in [2.45, 2.75) is 57.5 Å². The molecule has 1 atom stereocenters. The van der Waals surface area contributed by atoms with Gasteiger partial charge in [-0.15, -0.1) is 0 Å². The molecule has 1 aromatic carbocycles. The lowest BCUT2D eigenvalue weighted by molar-refractivity contribution is 0.221. The number of nitrogens with one attached hydrogen (secondary N) is 2. The lowest BCUT2D eigenvalue weighted by Gasteiger charge is -2.20. The predicted octanol–water partition coefficient (Wildman–Crippen LogP) is 3.11. The molecule has 0 saturated heterocycles. The van der Waals surface area contributed by atoms with Crippen LogP contribution in [0.5, 0.6) is 0 Å². The summed E-state index contributed by atoms with van der Waals surface area (Å²) < 4.78 is 5.41. The summed E-state index contributed by atoms with van der Waals surface area (Å²) in [4.78, 5) is 17.0. The van der Waals surface area contributed by atoms with E-state index >= 15 is 0 Å². The van der Waals surface area contributed by atoms with Crippen molar-refractivity contribution in [3.63, 3.8) is 0 Å². The van der Waals surface area contributed by atoms with Crippen LogP contribution in [0.1, 0.15) is 61.5 Å². The van der Waals surface area contributed by atoms with Crippen LogP contribution in [0.4, 0.5) is 4.79 Å². The molecule has 0 radical (unpaired) electrons. The highest BCUT2D eigenvalue weighted by atomic mass is 16.5. The molecule has 2 N–H and O–H groups in total. The van der Waals surface area contributed by atoms with E-state index in [2.05, 4.69) is 32.9 Å². The largest absolute Gasteiger partial charge is 0.337 e. The van der Waals surface area contributed by atoms with Crippen molar-refractivity contribution in [1.82, 2.24) is 20.8 Å².